The number of benzene rings is 2. The summed E-state index contributed by atoms with van der Waals surface area (Å²) in [5.41, 5.74) is 2.34. The molecular formula is C16H13N3O2. The molecule has 0 aromatic heterocycles. The fourth-order valence-corrected chi connectivity index (χ4v) is 2.03. The molecule has 0 radical (unpaired) electrons. The molecule has 104 valence electrons. The lowest BCUT2D eigenvalue weighted by Crippen LogP contribution is -2.27. The zero-order chi connectivity index (χ0) is 14.7. The van der Waals surface area contributed by atoms with E-state index in [1.54, 1.807) is 18.2 Å². The average Bonchev–Trinajstić information content (AvgIpc) is 2.49. The summed E-state index contributed by atoms with van der Waals surface area (Å²) >= 11 is 0. The molecule has 3 rings (SSSR count). The first-order valence-electron chi connectivity index (χ1n) is 6.47. The molecule has 21 heavy (non-hydrogen) atoms. The Balaban J connectivity index is 1.77. The van der Waals surface area contributed by atoms with Gasteiger partial charge in [0.05, 0.1) is 11.4 Å². The molecular weight excluding hydrogens is 266 g/mol. The van der Waals surface area contributed by atoms with Gasteiger partial charge in [0.15, 0.2) is 0 Å². The number of nitrogens with one attached hydrogen (secondary N) is 3. The number of hydrogen-bond acceptors (Lipinski definition) is 3. The highest BCUT2D eigenvalue weighted by molar-refractivity contribution is 6.15. The van der Waals surface area contributed by atoms with Gasteiger partial charge in [0, 0.05) is 11.8 Å². The van der Waals surface area contributed by atoms with E-state index in [1.807, 2.05) is 36.4 Å². The van der Waals surface area contributed by atoms with E-state index in [0.717, 1.165) is 5.69 Å². The second-order valence-electron chi connectivity index (χ2n) is 4.54. The van der Waals surface area contributed by atoms with Gasteiger partial charge in [0.2, 0.25) is 0 Å². The first-order chi connectivity index (χ1) is 10.2. The van der Waals surface area contributed by atoms with Gasteiger partial charge < -0.3 is 16.0 Å². The minimum atomic E-state index is -0.363. The van der Waals surface area contributed by atoms with Gasteiger partial charge in [-0.1, -0.05) is 30.3 Å². The molecule has 0 fully saturated rings. The third-order valence-corrected chi connectivity index (χ3v) is 3.01. The van der Waals surface area contributed by atoms with Crippen molar-refractivity contribution in [3.05, 3.63) is 66.4 Å². The molecule has 2 amide bonds. The largest absolute Gasteiger partial charge is 0.349 e. The molecule has 1 heterocycles. The monoisotopic (exact) mass is 279 g/mol. The molecule has 0 saturated carbocycles. The zero-order valence-corrected chi connectivity index (χ0v) is 11.1. The van der Waals surface area contributed by atoms with Crippen molar-refractivity contribution in [1.29, 1.82) is 0 Å². The number of rotatable bonds is 2. The van der Waals surface area contributed by atoms with E-state index < -0.39 is 0 Å². The molecule has 3 N–H and O–H groups in total. The van der Waals surface area contributed by atoms with Gasteiger partial charge >= 0.3 is 0 Å². The summed E-state index contributed by atoms with van der Waals surface area (Å²) < 4.78 is 0. The van der Waals surface area contributed by atoms with Crippen molar-refractivity contribution >= 4 is 28.9 Å². The van der Waals surface area contributed by atoms with Crippen LogP contribution in [0.5, 0.6) is 0 Å². The molecule has 0 bridgehead atoms. The van der Waals surface area contributed by atoms with Crippen LogP contribution in [-0.2, 0) is 9.59 Å². The van der Waals surface area contributed by atoms with Gasteiger partial charge in [0.25, 0.3) is 11.8 Å². The molecule has 0 saturated heterocycles. The van der Waals surface area contributed by atoms with Gasteiger partial charge in [-0.15, -0.1) is 0 Å². The Bertz CT molecular complexity index is 723. The van der Waals surface area contributed by atoms with E-state index in [4.69, 9.17) is 0 Å². The Labute approximate surface area is 121 Å². The van der Waals surface area contributed by atoms with Crippen molar-refractivity contribution in [2.75, 3.05) is 16.0 Å². The van der Waals surface area contributed by atoms with Crippen LogP contribution < -0.4 is 16.0 Å². The van der Waals surface area contributed by atoms with Crippen molar-refractivity contribution < 1.29 is 9.59 Å². The van der Waals surface area contributed by atoms with Crippen molar-refractivity contribution in [3.63, 3.8) is 0 Å². The van der Waals surface area contributed by atoms with Crippen molar-refractivity contribution in [3.8, 4) is 0 Å². The average molecular weight is 279 g/mol. The van der Waals surface area contributed by atoms with E-state index in [2.05, 4.69) is 16.0 Å². The molecule has 5 nitrogen and oxygen atoms in total. The van der Waals surface area contributed by atoms with Crippen molar-refractivity contribution in [2.24, 2.45) is 0 Å². The van der Waals surface area contributed by atoms with Crippen LogP contribution in [0.25, 0.3) is 0 Å². The van der Waals surface area contributed by atoms with Crippen molar-refractivity contribution in [1.82, 2.24) is 0 Å². The van der Waals surface area contributed by atoms with E-state index >= 15 is 0 Å². The summed E-state index contributed by atoms with van der Waals surface area (Å²) in [6, 6.07) is 16.4. The summed E-state index contributed by atoms with van der Waals surface area (Å²) in [5, 5.41) is 8.38. The van der Waals surface area contributed by atoms with Crippen LogP contribution in [0.4, 0.5) is 17.1 Å². The number of fused-ring (bicyclic) bond motifs is 1. The van der Waals surface area contributed by atoms with Crippen LogP contribution in [0.1, 0.15) is 0 Å². The summed E-state index contributed by atoms with van der Waals surface area (Å²) in [4.78, 5) is 23.9. The Morgan fingerprint density at radius 3 is 2.24 bits per heavy atom. The molecule has 1 aliphatic heterocycles. The van der Waals surface area contributed by atoms with Crippen LogP contribution in [0, 0.1) is 0 Å². The van der Waals surface area contributed by atoms with Gasteiger partial charge in [-0.05, 0) is 24.3 Å². The van der Waals surface area contributed by atoms with Gasteiger partial charge in [0.1, 0.15) is 5.70 Å². The molecule has 1 aliphatic rings. The van der Waals surface area contributed by atoms with Crippen LogP contribution in [-0.4, -0.2) is 11.8 Å². The number of carbonyl (C=O) groups excluding carboxylic acids is 2. The van der Waals surface area contributed by atoms with E-state index in [0.29, 0.717) is 11.4 Å². The summed E-state index contributed by atoms with van der Waals surface area (Å²) in [6.45, 7) is 0. The fraction of sp³-hybridized carbons (Fsp3) is 0. The molecule has 0 spiro atoms. The SMILES string of the molecule is O=C(/C=C1\Nc2ccccc2NC1=O)Nc1ccccc1. The lowest BCUT2D eigenvalue weighted by molar-refractivity contribution is -0.114. The molecule has 5 heteroatoms. The Hall–Kier alpha value is -3.08. The Morgan fingerprint density at radius 2 is 1.52 bits per heavy atom. The van der Waals surface area contributed by atoms with Crippen LogP contribution >= 0.6 is 0 Å². The molecule has 0 atom stereocenters. The molecule has 2 aromatic carbocycles. The van der Waals surface area contributed by atoms with Gasteiger partial charge in [-0.25, -0.2) is 0 Å². The Morgan fingerprint density at radius 1 is 0.905 bits per heavy atom. The number of anilines is 3. The smallest absolute Gasteiger partial charge is 0.272 e. The highest BCUT2D eigenvalue weighted by Gasteiger charge is 2.19. The van der Waals surface area contributed by atoms with Crippen LogP contribution in [0.2, 0.25) is 0 Å². The van der Waals surface area contributed by atoms with E-state index in [9.17, 15) is 9.59 Å². The summed E-state index contributed by atoms with van der Waals surface area (Å²) in [7, 11) is 0. The number of amides is 2. The fourth-order valence-electron chi connectivity index (χ4n) is 2.03. The lowest BCUT2D eigenvalue weighted by atomic mass is 10.2. The maximum Gasteiger partial charge on any atom is 0.272 e. The normalized spacial score (nSPS) is 14.9. The summed E-state index contributed by atoms with van der Waals surface area (Å²) in [6.07, 6.45) is 1.25. The number of hydrogen-bond donors (Lipinski definition) is 3. The first-order valence-corrected chi connectivity index (χ1v) is 6.47. The quantitative estimate of drug-likeness (QED) is 0.740. The third kappa shape index (κ3) is 2.92. The highest BCUT2D eigenvalue weighted by atomic mass is 16.2. The molecule has 0 aliphatic carbocycles. The summed E-state index contributed by atoms with van der Waals surface area (Å²) in [5.74, 6) is -0.699. The second-order valence-corrected chi connectivity index (χ2v) is 4.54. The van der Waals surface area contributed by atoms with Crippen LogP contribution in [0.3, 0.4) is 0 Å². The van der Waals surface area contributed by atoms with Gasteiger partial charge in [-0.3, -0.25) is 9.59 Å². The molecule has 0 unspecified atom stereocenters. The minimum absolute atomic E-state index is 0.210. The van der Waals surface area contributed by atoms with Gasteiger partial charge in [-0.2, -0.15) is 0 Å². The second kappa shape index (κ2) is 5.50. The predicted molar refractivity (Wildman–Crippen MR) is 81.8 cm³/mol. The van der Waals surface area contributed by atoms with E-state index in [1.165, 1.54) is 6.08 Å². The first kappa shape index (κ1) is 12.9. The zero-order valence-electron chi connectivity index (χ0n) is 11.1. The maximum atomic E-state index is 11.9. The van der Waals surface area contributed by atoms with Crippen molar-refractivity contribution in [2.45, 2.75) is 0 Å². The topological polar surface area (TPSA) is 70.2 Å². The standard InChI is InChI=1S/C16H13N3O2/c20-15(17-11-6-2-1-3-7-11)10-14-16(21)19-13-9-5-4-8-12(13)18-14/h1-10,18H,(H,17,20)(H,19,21)/b14-10-. The van der Waals surface area contributed by atoms with E-state index in [-0.39, 0.29) is 17.5 Å². The van der Waals surface area contributed by atoms with Crippen LogP contribution in [0.15, 0.2) is 66.4 Å². The Kier molecular flexibility index (Phi) is 3.39. The number of carbonyl (C=O) groups is 2. The number of para-hydroxylation sites is 3. The maximum absolute atomic E-state index is 11.9. The predicted octanol–water partition coefficient (Wildman–Crippen LogP) is 2.57. The minimum Gasteiger partial charge on any atom is -0.349 e. The third-order valence-electron chi connectivity index (χ3n) is 3.01. The molecule has 2 aromatic rings. The lowest BCUT2D eigenvalue weighted by Gasteiger charge is -2.20. The highest BCUT2D eigenvalue weighted by Crippen LogP contribution is 2.27.